The Hall–Kier alpha value is -5.10. The number of thiophene rings is 1. The Morgan fingerprint density at radius 2 is 1.95 bits per heavy atom. The van der Waals surface area contributed by atoms with Gasteiger partial charge < -0.3 is 21.5 Å². The number of pyridine rings is 1. The molecule has 0 aliphatic heterocycles. The molecule has 12 heteroatoms. The van der Waals surface area contributed by atoms with E-state index in [1.165, 1.54) is 23.9 Å². The van der Waals surface area contributed by atoms with Crippen molar-refractivity contribution in [1.29, 1.82) is 0 Å². The van der Waals surface area contributed by atoms with Gasteiger partial charge in [-0.15, -0.1) is 11.3 Å². The van der Waals surface area contributed by atoms with Crippen LogP contribution in [0.25, 0.3) is 31.9 Å². The third-order valence-electron chi connectivity index (χ3n) is 6.03. The number of hydrogen-bond donors (Lipinski definition) is 4. The summed E-state index contributed by atoms with van der Waals surface area (Å²) in [6, 6.07) is 11.0. The summed E-state index contributed by atoms with van der Waals surface area (Å²) in [6.45, 7) is 1.91. The van der Waals surface area contributed by atoms with Gasteiger partial charge in [-0.2, -0.15) is 9.78 Å². The Morgan fingerprint density at radius 1 is 1.08 bits per heavy atom. The van der Waals surface area contributed by atoms with Gasteiger partial charge in [0.2, 0.25) is 0 Å². The van der Waals surface area contributed by atoms with E-state index in [4.69, 9.17) is 5.73 Å². The zero-order valence-corrected chi connectivity index (χ0v) is 20.1. The van der Waals surface area contributed by atoms with Gasteiger partial charge in [0.05, 0.1) is 33.2 Å². The number of carbonyl (C=O) groups excluding carboxylic acids is 1. The number of aryl methyl sites for hydroxylation is 1. The van der Waals surface area contributed by atoms with Crippen LogP contribution in [0.5, 0.6) is 0 Å². The average molecular weight is 511 g/mol. The normalized spacial score (nSPS) is 11.3. The van der Waals surface area contributed by atoms with Crippen LogP contribution in [-0.2, 0) is 0 Å². The molecule has 0 radical (unpaired) electrons. The number of benzene rings is 2. The number of nitrogen functional groups attached to an aromatic ring is 1. The molecule has 0 saturated heterocycles. The fourth-order valence-corrected chi connectivity index (χ4v) is 5.13. The Balaban J connectivity index is 1.38. The average Bonchev–Trinajstić information content (AvgIpc) is 3.51. The molecule has 0 unspecified atom stereocenters. The van der Waals surface area contributed by atoms with Gasteiger partial charge in [0, 0.05) is 33.4 Å². The first kappa shape index (κ1) is 22.4. The summed E-state index contributed by atoms with van der Waals surface area (Å²) in [5, 5.41) is 23.6. The number of hydrogen-bond acceptors (Lipinski definition) is 9. The van der Waals surface area contributed by atoms with Crippen LogP contribution in [0, 0.1) is 6.92 Å². The van der Waals surface area contributed by atoms with Crippen molar-refractivity contribution in [3.8, 4) is 0 Å². The zero-order valence-electron chi connectivity index (χ0n) is 19.3. The number of fused-ring (bicyclic) bond motifs is 3. The Bertz CT molecular complexity index is 1880. The maximum atomic E-state index is 13.3. The van der Waals surface area contributed by atoms with Crippen LogP contribution < -0.4 is 16.4 Å². The molecule has 0 atom stereocenters. The monoisotopic (exact) mass is 510 g/mol. The van der Waals surface area contributed by atoms with Crippen LogP contribution in [0.3, 0.4) is 0 Å². The number of nitrogens with two attached hydrogens (primary N) is 1. The second-order valence-corrected chi connectivity index (χ2v) is 9.17. The molecular formula is C25H18N8O3S. The van der Waals surface area contributed by atoms with E-state index in [-0.39, 0.29) is 5.91 Å². The molecule has 1 amide bonds. The number of rotatable bonds is 4. The highest BCUT2D eigenvalue weighted by atomic mass is 32.1. The molecule has 0 fully saturated rings. The summed E-state index contributed by atoms with van der Waals surface area (Å²) >= 11 is 1.32. The lowest BCUT2D eigenvalue weighted by Gasteiger charge is -2.15. The van der Waals surface area contributed by atoms with E-state index in [0.717, 1.165) is 21.0 Å². The predicted molar refractivity (Wildman–Crippen MR) is 143 cm³/mol. The number of carboxylic acid groups (broad SMARTS) is 1. The summed E-state index contributed by atoms with van der Waals surface area (Å²) in [4.78, 5) is 37.5. The first-order valence-electron chi connectivity index (χ1n) is 11.1. The highest BCUT2D eigenvalue weighted by Crippen LogP contribution is 2.34. The fourth-order valence-electron chi connectivity index (χ4n) is 4.23. The molecule has 0 spiro atoms. The van der Waals surface area contributed by atoms with E-state index in [2.05, 4.69) is 30.7 Å². The van der Waals surface area contributed by atoms with Crippen LogP contribution in [-0.4, -0.2) is 41.8 Å². The molecule has 11 nitrogen and oxygen atoms in total. The number of aromatic nitrogens is 5. The molecule has 0 aliphatic carbocycles. The third-order valence-corrected chi connectivity index (χ3v) is 7.02. The van der Waals surface area contributed by atoms with E-state index in [1.54, 1.807) is 23.7 Å². The minimum Gasteiger partial charge on any atom is -0.463 e. The van der Waals surface area contributed by atoms with Crippen molar-refractivity contribution >= 4 is 78.2 Å². The molecule has 4 aromatic heterocycles. The van der Waals surface area contributed by atoms with Crippen molar-refractivity contribution in [1.82, 2.24) is 24.7 Å². The SMILES string of the molecule is Cc1ccc2c(Nc3ccc4cnn(C(=O)O)c4c3)nccc2c1NC(=O)c1csc2c(N)ncnc12. The number of nitrogens with zero attached hydrogens (tertiary/aromatic N) is 5. The topological polar surface area (TPSA) is 161 Å². The van der Waals surface area contributed by atoms with Crippen molar-refractivity contribution in [2.75, 3.05) is 16.4 Å². The highest BCUT2D eigenvalue weighted by Gasteiger charge is 2.18. The first-order valence-corrected chi connectivity index (χ1v) is 11.9. The Kier molecular flexibility index (Phi) is 5.16. The molecule has 6 rings (SSSR count). The van der Waals surface area contributed by atoms with Gasteiger partial charge in [0.15, 0.2) is 0 Å². The summed E-state index contributed by atoms with van der Waals surface area (Å²) in [6.07, 6.45) is 3.32. The number of anilines is 4. The number of nitrogens with one attached hydrogen (secondary N) is 2. The van der Waals surface area contributed by atoms with E-state index in [0.29, 0.717) is 49.7 Å². The summed E-state index contributed by atoms with van der Waals surface area (Å²) in [5.41, 5.74) is 9.47. The minimum atomic E-state index is -1.17. The van der Waals surface area contributed by atoms with Gasteiger partial charge in [-0.1, -0.05) is 12.1 Å². The van der Waals surface area contributed by atoms with Crippen LogP contribution in [0.15, 0.2) is 60.5 Å². The number of carbonyl (C=O) groups is 2. The van der Waals surface area contributed by atoms with E-state index >= 15 is 0 Å². The highest BCUT2D eigenvalue weighted by molar-refractivity contribution is 7.18. The van der Waals surface area contributed by atoms with Gasteiger partial charge >= 0.3 is 6.09 Å². The van der Waals surface area contributed by atoms with E-state index < -0.39 is 6.09 Å². The largest absolute Gasteiger partial charge is 0.463 e. The zero-order chi connectivity index (χ0) is 25.7. The van der Waals surface area contributed by atoms with Crippen molar-refractivity contribution in [2.45, 2.75) is 6.92 Å². The second kappa shape index (κ2) is 8.53. The quantitative estimate of drug-likeness (QED) is 0.256. The third kappa shape index (κ3) is 3.76. The lowest BCUT2D eigenvalue weighted by atomic mass is 10.0. The van der Waals surface area contributed by atoms with Gasteiger partial charge in [0.1, 0.15) is 18.0 Å². The van der Waals surface area contributed by atoms with Gasteiger partial charge in [-0.3, -0.25) is 4.79 Å². The molecule has 0 bridgehead atoms. The van der Waals surface area contributed by atoms with Crippen LogP contribution >= 0.6 is 11.3 Å². The molecule has 2 aromatic carbocycles. The van der Waals surface area contributed by atoms with Crippen molar-refractivity contribution in [3.05, 3.63) is 71.6 Å². The molecule has 0 saturated carbocycles. The van der Waals surface area contributed by atoms with Gasteiger partial charge in [-0.05, 0) is 36.8 Å². The molecule has 5 N–H and O–H groups in total. The van der Waals surface area contributed by atoms with Crippen LogP contribution in [0.1, 0.15) is 15.9 Å². The maximum Gasteiger partial charge on any atom is 0.432 e. The van der Waals surface area contributed by atoms with Crippen LogP contribution in [0.4, 0.5) is 27.8 Å². The molecule has 182 valence electrons. The molecule has 0 aliphatic rings. The molecule has 37 heavy (non-hydrogen) atoms. The summed E-state index contributed by atoms with van der Waals surface area (Å²) in [7, 11) is 0. The Morgan fingerprint density at radius 3 is 2.78 bits per heavy atom. The molecular weight excluding hydrogens is 492 g/mol. The first-order chi connectivity index (χ1) is 17.9. The lowest BCUT2D eigenvalue weighted by Crippen LogP contribution is -2.13. The minimum absolute atomic E-state index is 0.307. The smallest absolute Gasteiger partial charge is 0.432 e. The second-order valence-electron chi connectivity index (χ2n) is 8.29. The lowest BCUT2D eigenvalue weighted by molar-refractivity contribution is 0.102. The predicted octanol–water partition coefficient (Wildman–Crippen LogP) is 5.00. The van der Waals surface area contributed by atoms with Crippen molar-refractivity contribution in [3.63, 3.8) is 0 Å². The standard InChI is InChI=1S/C25H18N8O3S/c1-12-2-5-16-15(19(12)32-24(34)17-10-37-21-20(17)28-11-29-22(21)26)6-7-27-23(16)31-14-4-3-13-9-30-33(25(35)36)18(13)8-14/h2-11H,1H3,(H,27,31)(H,32,34)(H,35,36)(H2,26,28,29). The van der Waals surface area contributed by atoms with Crippen LogP contribution in [0.2, 0.25) is 0 Å². The summed E-state index contributed by atoms with van der Waals surface area (Å²) in [5.74, 6) is 0.579. The number of amides is 1. The van der Waals surface area contributed by atoms with E-state index in [9.17, 15) is 14.7 Å². The summed E-state index contributed by atoms with van der Waals surface area (Å²) < 4.78 is 1.58. The maximum absolute atomic E-state index is 13.3. The van der Waals surface area contributed by atoms with Crippen molar-refractivity contribution in [2.24, 2.45) is 0 Å². The molecule has 6 aromatic rings. The molecule has 4 heterocycles. The van der Waals surface area contributed by atoms with Gasteiger partial charge in [0.25, 0.3) is 5.91 Å². The van der Waals surface area contributed by atoms with E-state index in [1.807, 2.05) is 31.2 Å². The van der Waals surface area contributed by atoms with Crippen molar-refractivity contribution < 1.29 is 14.7 Å². The Labute approximate surface area is 212 Å². The van der Waals surface area contributed by atoms with Gasteiger partial charge in [-0.25, -0.2) is 19.7 Å². The fraction of sp³-hybridized carbons (Fsp3) is 0.0400.